The van der Waals surface area contributed by atoms with Gasteiger partial charge in [0.1, 0.15) is 5.75 Å². The predicted octanol–water partition coefficient (Wildman–Crippen LogP) is 4.96. The third-order valence-corrected chi connectivity index (χ3v) is 3.31. The standard InChI is InChI=1S/C18H26O/c1-5-17-16(4)12-10-13-18(17)19-14-9-7-6-8-11-15(2)3/h1,10,12-13,15H,6-9,11,14H2,2-4H3. The Balaban J connectivity index is 2.23. The normalized spacial score (nSPS) is 10.5. The Kier molecular flexibility index (Phi) is 7.11. The van der Waals surface area contributed by atoms with Gasteiger partial charge in [-0.3, -0.25) is 0 Å². The first-order valence-electron chi connectivity index (χ1n) is 7.34. The highest BCUT2D eigenvalue weighted by Crippen LogP contribution is 2.21. The van der Waals surface area contributed by atoms with Crippen molar-refractivity contribution in [3.8, 4) is 18.1 Å². The van der Waals surface area contributed by atoms with E-state index in [1.54, 1.807) is 0 Å². The number of rotatable bonds is 8. The van der Waals surface area contributed by atoms with Gasteiger partial charge in [0.25, 0.3) is 0 Å². The molecule has 0 aliphatic rings. The monoisotopic (exact) mass is 258 g/mol. The smallest absolute Gasteiger partial charge is 0.135 e. The maximum absolute atomic E-state index is 5.79. The average molecular weight is 258 g/mol. The van der Waals surface area contributed by atoms with Gasteiger partial charge in [-0.2, -0.15) is 0 Å². The summed E-state index contributed by atoms with van der Waals surface area (Å²) in [7, 11) is 0. The molecule has 0 spiro atoms. The van der Waals surface area contributed by atoms with Crippen LogP contribution < -0.4 is 4.74 Å². The van der Waals surface area contributed by atoms with E-state index in [0.29, 0.717) is 0 Å². The molecule has 0 aliphatic heterocycles. The van der Waals surface area contributed by atoms with Crippen LogP contribution in [0.3, 0.4) is 0 Å². The molecule has 0 amide bonds. The van der Waals surface area contributed by atoms with E-state index < -0.39 is 0 Å². The highest BCUT2D eigenvalue weighted by Gasteiger charge is 2.03. The van der Waals surface area contributed by atoms with Crippen molar-refractivity contribution in [1.82, 2.24) is 0 Å². The van der Waals surface area contributed by atoms with E-state index in [4.69, 9.17) is 11.2 Å². The lowest BCUT2D eigenvalue weighted by Crippen LogP contribution is -2.00. The van der Waals surface area contributed by atoms with Crippen LogP contribution in [0.4, 0.5) is 0 Å². The molecule has 1 aromatic carbocycles. The second-order valence-electron chi connectivity index (χ2n) is 5.54. The first-order chi connectivity index (χ1) is 9.15. The van der Waals surface area contributed by atoms with E-state index in [2.05, 4.69) is 19.8 Å². The molecule has 1 rings (SSSR count). The summed E-state index contributed by atoms with van der Waals surface area (Å²) in [5, 5.41) is 0. The summed E-state index contributed by atoms with van der Waals surface area (Å²) in [6.07, 6.45) is 11.8. The van der Waals surface area contributed by atoms with E-state index in [0.717, 1.165) is 35.8 Å². The van der Waals surface area contributed by atoms with Crippen molar-refractivity contribution in [3.05, 3.63) is 29.3 Å². The Morgan fingerprint density at radius 3 is 2.58 bits per heavy atom. The molecule has 19 heavy (non-hydrogen) atoms. The van der Waals surface area contributed by atoms with Gasteiger partial charge in [-0.15, -0.1) is 6.42 Å². The fraction of sp³-hybridized carbons (Fsp3) is 0.556. The zero-order valence-electron chi connectivity index (χ0n) is 12.5. The number of terminal acetylenes is 1. The molecule has 0 N–H and O–H groups in total. The molecular weight excluding hydrogens is 232 g/mol. The zero-order valence-corrected chi connectivity index (χ0v) is 12.5. The van der Waals surface area contributed by atoms with Gasteiger partial charge in [0.15, 0.2) is 0 Å². The Morgan fingerprint density at radius 1 is 1.16 bits per heavy atom. The summed E-state index contributed by atoms with van der Waals surface area (Å²) >= 11 is 0. The van der Waals surface area contributed by atoms with Gasteiger partial charge in [-0.05, 0) is 30.9 Å². The fourth-order valence-corrected chi connectivity index (χ4v) is 2.14. The highest BCUT2D eigenvalue weighted by atomic mass is 16.5. The van der Waals surface area contributed by atoms with Gasteiger partial charge in [0, 0.05) is 0 Å². The van der Waals surface area contributed by atoms with E-state index in [1.807, 2.05) is 25.1 Å². The number of unbranched alkanes of at least 4 members (excludes halogenated alkanes) is 3. The van der Waals surface area contributed by atoms with E-state index in [-0.39, 0.29) is 0 Å². The highest BCUT2D eigenvalue weighted by molar-refractivity contribution is 5.49. The third-order valence-electron chi connectivity index (χ3n) is 3.31. The van der Waals surface area contributed by atoms with Crippen LogP contribution in [0.5, 0.6) is 5.75 Å². The van der Waals surface area contributed by atoms with E-state index in [9.17, 15) is 0 Å². The first-order valence-corrected chi connectivity index (χ1v) is 7.34. The molecule has 0 fully saturated rings. The SMILES string of the molecule is C#Cc1c(C)cccc1OCCCCCCC(C)C. The van der Waals surface area contributed by atoms with Crippen LogP contribution in [0.25, 0.3) is 0 Å². The molecule has 0 heterocycles. The molecule has 1 aromatic rings. The average Bonchev–Trinajstić information content (AvgIpc) is 2.37. The van der Waals surface area contributed by atoms with Gasteiger partial charge in [-0.1, -0.05) is 57.6 Å². The topological polar surface area (TPSA) is 9.23 Å². The minimum atomic E-state index is 0.764. The van der Waals surface area contributed by atoms with Gasteiger partial charge >= 0.3 is 0 Å². The molecule has 104 valence electrons. The van der Waals surface area contributed by atoms with Gasteiger partial charge in [0.2, 0.25) is 0 Å². The number of aryl methyl sites for hydroxylation is 1. The van der Waals surface area contributed by atoms with Gasteiger partial charge < -0.3 is 4.74 Å². The Morgan fingerprint density at radius 2 is 1.89 bits per heavy atom. The maximum Gasteiger partial charge on any atom is 0.135 e. The summed E-state index contributed by atoms with van der Waals surface area (Å²) < 4.78 is 5.79. The minimum absolute atomic E-state index is 0.764. The molecule has 0 atom stereocenters. The molecule has 0 radical (unpaired) electrons. The van der Waals surface area contributed by atoms with Crippen LogP contribution in [0.2, 0.25) is 0 Å². The zero-order chi connectivity index (χ0) is 14.1. The lowest BCUT2D eigenvalue weighted by Gasteiger charge is -2.10. The largest absolute Gasteiger partial charge is 0.492 e. The van der Waals surface area contributed by atoms with Crippen molar-refractivity contribution in [2.75, 3.05) is 6.61 Å². The lowest BCUT2D eigenvalue weighted by molar-refractivity contribution is 0.303. The Hall–Kier alpha value is -1.42. The number of hydrogen-bond acceptors (Lipinski definition) is 1. The second kappa shape index (κ2) is 8.64. The van der Waals surface area contributed by atoms with E-state index in [1.165, 1.54) is 25.7 Å². The number of hydrogen-bond donors (Lipinski definition) is 0. The van der Waals surface area contributed by atoms with Crippen molar-refractivity contribution < 1.29 is 4.74 Å². The van der Waals surface area contributed by atoms with Crippen LogP contribution in [-0.2, 0) is 0 Å². The summed E-state index contributed by atoms with van der Waals surface area (Å²) in [6.45, 7) is 7.35. The molecule has 1 heteroatoms. The van der Waals surface area contributed by atoms with Crippen molar-refractivity contribution >= 4 is 0 Å². The summed E-state index contributed by atoms with van der Waals surface area (Å²) in [5.74, 6) is 4.39. The molecule has 1 nitrogen and oxygen atoms in total. The third kappa shape index (κ3) is 5.83. The van der Waals surface area contributed by atoms with Crippen LogP contribution in [0, 0.1) is 25.2 Å². The van der Waals surface area contributed by atoms with Crippen molar-refractivity contribution in [1.29, 1.82) is 0 Å². The predicted molar refractivity (Wildman–Crippen MR) is 82.5 cm³/mol. The molecule has 0 aliphatic carbocycles. The van der Waals surface area contributed by atoms with Crippen molar-refractivity contribution in [2.45, 2.75) is 52.9 Å². The lowest BCUT2D eigenvalue weighted by atomic mass is 10.0. The summed E-state index contributed by atoms with van der Waals surface area (Å²) in [5.41, 5.74) is 2.00. The fourth-order valence-electron chi connectivity index (χ4n) is 2.14. The number of ether oxygens (including phenoxy) is 1. The molecule has 0 saturated heterocycles. The van der Waals surface area contributed by atoms with Crippen molar-refractivity contribution in [3.63, 3.8) is 0 Å². The molecule has 0 unspecified atom stereocenters. The Bertz CT molecular complexity index is 412. The number of benzene rings is 1. The van der Waals surface area contributed by atoms with E-state index >= 15 is 0 Å². The maximum atomic E-state index is 5.79. The molecule has 0 aromatic heterocycles. The van der Waals surface area contributed by atoms with Gasteiger partial charge in [-0.25, -0.2) is 0 Å². The molecule has 0 bridgehead atoms. The van der Waals surface area contributed by atoms with Crippen LogP contribution >= 0.6 is 0 Å². The summed E-state index contributed by atoms with van der Waals surface area (Å²) in [6, 6.07) is 5.98. The van der Waals surface area contributed by atoms with Gasteiger partial charge in [0.05, 0.1) is 12.2 Å². The minimum Gasteiger partial charge on any atom is -0.492 e. The second-order valence-corrected chi connectivity index (χ2v) is 5.54. The first kappa shape index (κ1) is 15.6. The van der Waals surface area contributed by atoms with Crippen molar-refractivity contribution in [2.24, 2.45) is 5.92 Å². The van der Waals surface area contributed by atoms with Crippen LogP contribution in [0.1, 0.15) is 57.1 Å². The van der Waals surface area contributed by atoms with Crippen LogP contribution in [0.15, 0.2) is 18.2 Å². The molecular formula is C18H26O. The Labute approximate surface area is 118 Å². The summed E-state index contributed by atoms with van der Waals surface area (Å²) in [4.78, 5) is 0. The molecule has 0 saturated carbocycles. The van der Waals surface area contributed by atoms with Crippen LogP contribution in [-0.4, -0.2) is 6.61 Å². The quantitative estimate of drug-likeness (QED) is 0.473.